The van der Waals surface area contributed by atoms with E-state index >= 15 is 0 Å². The first-order valence-electron chi connectivity index (χ1n) is 7.45. The number of methoxy groups -OCH3 is 1. The largest absolute Gasteiger partial charge is 0.381 e. The molecule has 1 heterocycles. The second-order valence-corrected chi connectivity index (χ2v) is 6.69. The number of hydrogen-bond acceptors (Lipinski definition) is 3. The van der Waals surface area contributed by atoms with Crippen LogP contribution in [-0.2, 0) is 14.3 Å². The molecule has 1 aliphatic heterocycles. The number of amides is 2. The minimum atomic E-state index is -0.376. The van der Waals surface area contributed by atoms with Crippen molar-refractivity contribution in [2.45, 2.75) is 58.7 Å². The smallest absolute Gasteiger partial charge is 0.246 e. The molecule has 2 aliphatic rings. The molecule has 1 saturated carbocycles. The third-order valence-electron chi connectivity index (χ3n) is 5.18. The van der Waals surface area contributed by atoms with Crippen LogP contribution in [0.4, 0.5) is 0 Å². The van der Waals surface area contributed by atoms with E-state index in [9.17, 15) is 9.59 Å². The summed E-state index contributed by atoms with van der Waals surface area (Å²) in [7, 11) is 1.70. The van der Waals surface area contributed by atoms with Gasteiger partial charge in [0.25, 0.3) is 0 Å². The summed E-state index contributed by atoms with van der Waals surface area (Å²) in [6, 6.07) is -0.281. The Kier molecular flexibility index (Phi) is 4.09. The number of hydrogen-bond donors (Lipinski definition) is 1. The van der Waals surface area contributed by atoms with Crippen LogP contribution in [0.25, 0.3) is 0 Å². The number of nitrogens with zero attached hydrogens (tertiary/aromatic N) is 1. The third kappa shape index (κ3) is 2.32. The second-order valence-electron chi connectivity index (χ2n) is 6.69. The van der Waals surface area contributed by atoms with Crippen LogP contribution >= 0.6 is 0 Å². The molecule has 2 amide bonds. The van der Waals surface area contributed by atoms with Gasteiger partial charge < -0.3 is 15.0 Å². The molecule has 114 valence electrons. The third-order valence-corrected chi connectivity index (χ3v) is 5.18. The van der Waals surface area contributed by atoms with Crippen LogP contribution in [0.2, 0.25) is 0 Å². The van der Waals surface area contributed by atoms with Crippen LogP contribution in [0.1, 0.15) is 40.5 Å². The van der Waals surface area contributed by atoms with Crippen molar-refractivity contribution in [3.8, 4) is 0 Å². The zero-order valence-electron chi connectivity index (χ0n) is 13.1. The first-order valence-corrected chi connectivity index (χ1v) is 7.45. The minimum Gasteiger partial charge on any atom is -0.381 e. The molecule has 4 atom stereocenters. The summed E-state index contributed by atoms with van der Waals surface area (Å²) < 4.78 is 5.44. The molecule has 5 heteroatoms. The van der Waals surface area contributed by atoms with E-state index in [0.717, 1.165) is 12.8 Å². The van der Waals surface area contributed by atoms with E-state index in [1.54, 1.807) is 12.0 Å². The fourth-order valence-corrected chi connectivity index (χ4v) is 3.37. The fraction of sp³-hybridized carbons (Fsp3) is 0.867. The molecule has 0 aromatic rings. The lowest BCUT2D eigenvalue weighted by atomic mass is 9.63. The van der Waals surface area contributed by atoms with E-state index in [0.29, 0.717) is 0 Å². The Bertz CT molecular complexity index is 408. The summed E-state index contributed by atoms with van der Waals surface area (Å²) in [6.07, 6.45) is 1.85. The lowest BCUT2D eigenvalue weighted by Crippen LogP contribution is -2.70. The maximum Gasteiger partial charge on any atom is 0.246 e. The average Bonchev–Trinajstić information content (AvgIpc) is 2.40. The van der Waals surface area contributed by atoms with Crippen molar-refractivity contribution in [3.63, 3.8) is 0 Å². The lowest BCUT2D eigenvalue weighted by Gasteiger charge is -2.56. The Hall–Kier alpha value is -1.10. The Balaban J connectivity index is 2.16. The van der Waals surface area contributed by atoms with Gasteiger partial charge in [-0.25, -0.2) is 0 Å². The molecule has 2 rings (SSSR count). The van der Waals surface area contributed by atoms with Crippen LogP contribution in [0, 0.1) is 11.3 Å². The van der Waals surface area contributed by atoms with Crippen LogP contribution in [-0.4, -0.2) is 48.6 Å². The zero-order valence-corrected chi connectivity index (χ0v) is 13.1. The lowest BCUT2D eigenvalue weighted by molar-refractivity contribution is -0.172. The molecule has 1 N–H and O–H groups in total. The highest BCUT2D eigenvalue weighted by molar-refractivity contribution is 5.95. The van der Waals surface area contributed by atoms with E-state index in [-0.39, 0.29) is 47.9 Å². The molecule has 0 aromatic heterocycles. The molecule has 0 bridgehead atoms. The number of piperazine rings is 1. The predicted octanol–water partition coefficient (Wildman–Crippen LogP) is 1.17. The SMILES string of the molecule is CCC(C)C1NC(=O)CN(C2CC(OC)C2(C)C)C1=O. The number of rotatable bonds is 4. The quantitative estimate of drug-likeness (QED) is 0.842. The van der Waals surface area contributed by atoms with Gasteiger partial charge in [-0.2, -0.15) is 0 Å². The first kappa shape index (κ1) is 15.3. The number of carbonyl (C=O) groups excluding carboxylic acids is 2. The van der Waals surface area contributed by atoms with Crippen molar-refractivity contribution >= 4 is 11.8 Å². The molecule has 4 unspecified atom stereocenters. The van der Waals surface area contributed by atoms with Gasteiger partial charge in [0.1, 0.15) is 6.04 Å². The molecule has 2 fully saturated rings. The van der Waals surface area contributed by atoms with Gasteiger partial charge >= 0.3 is 0 Å². The summed E-state index contributed by atoms with van der Waals surface area (Å²) in [5, 5.41) is 2.84. The molecule has 1 aliphatic carbocycles. The van der Waals surface area contributed by atoms with Gasteiger partial charge in [-0.15, -0.1) is 0 Å². The highest BCUT2D eigenvalue weighted by atomic mass is 16.5. The Morgan fingerprint density at radius 2 is 2.10 bits per heavy atom. The number of carbonyl (C=O) groups is 2. The minimum absolute atomic E-state index is 0.0495. The van der Waals surface area contributed by atoms with Crippen LogP contribution in [0.15, 0.2) is 0 Å². The van der Waals surface area contributed by atoms with Gasteiger partial charge in [0.2, 0.25) is 11.8 Å². The monoisotopic (exact) mass is 282 g/mol. The van der Waals surface area contributed by atoms with Crippen molar-refractivity contribution < 1.29 is 14.3 Å². The second kappa shape index (κ2) is 5.35. The first-order chi connectivity index (χ1) is 9.32. The van der Waals surface area contributed by atoms with Crippen molar-refractivity contribution in [2.75, 3.05) is 13.7 Å². The Labute approximate surface area is 121 Å². The Morgan fingerprint density at radius 3 is 2.60 bits per heavy atom. The van der Waals surface area contributed by atoms with Crippen molar-refractivity contribution in [1.82, 2.24) is 10.2 Å². The maximum absolute atomic E-state index is 12.7. The molecule has 20 heavy (non-hydrogen) atoms. The molecule has 1 saturated heterocycles. The summed E-state index contributed by atoms with van der Waals surface area (Å²) in [5.74, 6) is 0.175. The summed E-state index contributed by atoms with van der Waals surface area (Å²) in [6.45, 7) is 8.44. The molecule has 0 spiro atoms. The molecule has 5 nitrogen and oxygen atoms in total. The van der Waals surface area contributed by atoms with Gasteiger partial charge in [0.05, 0.1) is 12.6 Å². The van der Waals surface area contributed by atoms with E-state index in [4.69, 9.17) is 4.74 Å². The van der Waals surface area contributed by atoms with Crippen LogP contribution < -0.4 is 5.32 Å². The van der Waals surface area contributed by atoms with Crippen LogP contribution in [0.3, 0.4) is 0 Å². The molecule has 0 radical (unpaired) electrons. The van der Waals surface area contributed by atoms with Gasteiger partial charge in [-0.3, -0.25) is 9.59 Å². The number of ether oxygens (including phenoxy) is 1. The van der Waals surface area contributed by atoms with Gasteiger partial charge in [0.15, 0.2) is 0 Å². The maximum atomic E-state index is 12.7. The summed E-state index contributed by atoms with van der Waals surface area (Å²) in [5.41, 5.74) is -0.0952. The summed E-state index contributed by atoms with van der Waals surface area (Å²) >= 11 is 0. The highest BCUT2D eigenvalue weighted by Crippen LogP contribution is 2.46. The highest BCUT2D eigenvalue weighted by Gasteiger charge is 2.54. The van der Waals surface area contributed by atoms with Crippen molar-refractivity contribution in [2.24, 2.45) is 11.3 Å². The topological polar surface area (TPSA) is 58.6 Å². The fourth-order valence-electron chi connectivity index (χ4n) is 3.37. The standard InChI is InChI=1S/C15H26N2O3/c1-6-9(2)13-14(19)17(8-12(18)16-13)10-7-11(20-5)15(10,3)4/h9-11,13H,6-8H2,1-5H3,(H,16,18). The average molecular weight is 282 g/mol. The predicted molar refractivity (Wildman–Crippen MR) is 76.1 cm³/mol. The zero-order chi connectivity index (χ0) is 15.1. The molecule has 0 aromatic carbocycles. The molecular weight excluding hydrogens is 256 g/mol. The number of nitrogens with one attached hydrogen (secondary N) is 1. The van der Waals surface area contributed by atoms with Crippen molar-refractivity contribution in [1.29, 1.82) is 0 Å². The van der Waals surface area contributed by atoms with E-state index in [2.05, 4.69) is 19.2 Å². The van der Waals surface area contributed by atoms with Gasteiger partial charge in [-0.1, -0.05) is 34.1 Å². The van der Waals surface area contributed by atoms with E-state index in [1.807, 2.05) is 13.8 Å². The van der Waals surface area contributed by atoms with Crippen LogP contribution in [0.5, 0.6) is 0 Å². The van der Waals surface area contributed by atoms with Gasteiger partial charge in [0, 0.05) is 18.6 Å². The Morgan fingerprint density at radius 1 is 1.45 bits per heavy atom. The normalized spacial score (nSPS) is 34.5. The van der Waals surface area contributed by atoms with E-state index < -0.39 is 0 Å². The van der Waals surface area contributed by atoms with E-state index in [1.165, 1.54) is 0 Å². The molecular formula is C15H26N2O3. The van der Waals surface area contributed by atoms with Crippen molar-refractivity contribution in [3.05, 3.63) is 0 Å². The van der Waals surface area contributed by atoms with Gasteiger partial charge in [-0.05, 0) is 12.3 Å². The summed E-state index contributed by atoms with van der Waals surface area (Å²) in [4.78, 5) is 26.3.